The van der Waals surface area contributed by atoms with Crippen LogP contribution in [0.2, 0.25) is 5.02 Å². The van der Waals surface area contributed by atoms with Crippen LogP contribution in [0.15, 0.2) is 48.5 Å². The van der Waals surface area contributed by atoms with Gasteiger partial charge in [-0.15, -0.1) is 0 Å². The van der Waals surface area contributed by atoms with Crippen molar-refractivity contribution in [1.29, 1.82) is 0 Å². The number of hydrogen-bond donors (Lipinski definition) is 3. The largest absolute Gasteiger partial charge is 0.495 e. The average Bonchev–Trinajstić information content (AvgIpc) is 2.78. The molecule has 11 heteroatoms. The molecule has 0 radical (unpaired) electrons. The summed E-state index contributed by atoms with van der Waals surface area (Å²) in [6.07, 6.45) is 0. The third-order valence-electron chi connectivity index (χ3n) is 4.78. The molecule has 2 N–H and O–H groups in total. The van der Waals surface area contributed by atoms with E-state index < -0.39 is 29.1 Å². The molecule has 0 atom stereocenters. The Kier molecular flexibility index (Phi) is 7.85. The van der Waals surface area contributed by atoms with E-state index in [4.69, 9.17) is 21.1 Å². The van der Waals surface area contributed by atoms with Crippen molar-refractivity contribution < 1.29 is 27.8 Å². The number of carbonyl (C=O) groups is 2. The van der Waals surface area contributed by atoms with Crippen molar-refractivity contribution in [2.75, 3.05) is 29.2 Å². The number of halogens is 3. The summed E-state index contributed by atoms with van der Waals surface area (Å²) in [6, 6.07) is 10.1. The normalized spacial score (nSPS) is 10.4. The molecule has 3 aromatic carbocycles. The van der Waals surface area contributed by atoms with E-state index >= 15 is 0 Å². The van der Waals surface area contributed by atoms with Crippen molar-refractivity contribution in [2.45, 2.75) is 6.92 Å². The van der Waals surface area contributed by atoms with E-state index in [1.165, 1.54) is 50.6 Å². The molecule has 0 bridgehead atoms. The van der Waals surface area contributed by atoms with Gasteiger partial charge in [-0.25, -0.2) is 17.9 Å². The Bertz CT molecular complexity index is 1240. The summed E-state index contributed by atoms with van der Waals surface area (Å²) in [6.45, 7) is 1.68. The molecule has 3 aromatic rings. The molecule has 0 aliphatic heterocycles. The van der Waals surface area contributed by atoms with Crippen LogP contribution in [0, 0.1) is 18.6 Å². The van der Waals surface area contributed by atoms with Crippen molar-refractivity contribution in [3.05, 3.63) is 76.3 Å². The van der Waals surface area contributed by atoms with E-state index in [0.29, 0.717) is 28.4 Å². The lowest BCUT2D eigenvalue weighted by Gasteiger charge is -2.20. The summed E-state index contributed by atoms with van der Waals surface area (Å²) in [7, 11) is 2.89. The zero-order chi connectivity index (χ0) is 25.0. The third-order valence-corrected chi connectivity index (χ3v) is 5.47. The SMILES string of the molecule is COc1cc(OC)c(NC(=O)N(S)c2ccc(NC(=O)c3c(F)cccc3F)cc2C)cc1Cl. The minimum atomic E-state index is -0.974. The number of nitrogens with one attached hydrogen (secondary N) is 2. The number of carbonyl (C=O) groups excluding carboxylic acids is 2. The first-order chi connectivity index (χ1) is 16.2. The Hall–Kier alpha value is -3.50. The lowest BCUT2D eigenvalue weighted by Crippen LogP contribution is -2.27. The highest BCUT2D eigenvalue weighted by Crippen LogP contribution is 2.36. The Labute approximate surface area is 205 Å². The third kappa shape index (κ3) is 5.35. The van der Waals surface area contributed by atoms with Crippen molar-refractivity contribution in [2.24, 2.45) is 0 Å². The molecule has 0 saturated carbocycles. The molecule has 178 valence electrons. The maximum absolute atomic E-state index is 13.9. The second kappa shape index (κ2) is 10.6. The zero-order valence-corrected chi connectivity index (χ0v) is 19.9. The summed E-state index contributed by atoms with van der Waals surface area (Å²) in [5.74, 6) is -2.18. The van der Waals surface area contributed by atoms with Gasteiger partial charge < -0.3 is 20.1 Å². The molecule has 0 heterocycles. The van der Waals surface area contributed by atoms with E-state index in [1.807, 2.05) is 0 Å². The second-order valence-electron chi connectivity index (χ2n) is 6.98. The summed E-state index contributed by atoms with van der Waals surface area (Å²) in [5.41, 5.74) is 0.836. The number of nitrogens with zero attached hydrogens (tertiary/aromatic N) is 1. The lowest BCUT2D eigenvalue weighted by atomic mass is 10.1. The molecule has 3 amide bonds. The number of urea groups is 1. The van der Waals surface area contributed by atoms with Crippen LogP contribution in [-0.4, -0.2) is 26.2 Å². The number of thiol groups is 1. The fourth-order valence-electron chi connectivity index (χ4n) is 3.11. The highest BCUT2D eigenvalue weighted by Gasteiger charge is 2.20. The molecule has 7 nitrogen and oxygen atoms in total. The van der Waals surface area contributed by atoms with Gasteiger partial charge in [0.25, 0.3) is 5.91 Å². The first-order valence-corrected chi connectivity index (χ1v) is 10.5. The number of anilines is 3. The van der Waals surface area contributed by atoms with Gasteiger partial charge in [-0.3, -0.25) is 4.79 Å². The van der Waals surface area contributed by atoms with Crippen LogP contribution >= 0.6 is 24.4 Å². The average molecular weight is 508 g/mol. The van der Waals surface area contributed by atoms with Gasteiger partial charge in [0, 0.05) is 11.8 Å². The Balaban J connectivity index is 1.77. The van der Waals surface area contributed by atoms with Gasteiger partial charge in [-0.2, -0.15) is 0 Å². The molecule has 3 rings (SSSR count). The number of rotatable bonds is 6. The molecule has 0 fully saturated rings. The Morgan fingerprint density at radius 2 is 1.62 bits per heavy atom. The first-order valence-electron chi connectivity index (χ1n) is 9.73. The molecule has 0 unspecified atom stereocenters. The number of ether oxygens (including phenoxy) is 2. The topological polar surface area (TPSA) is 79.9 Å². The fraction of sp³-hybridized carbons (Fsp3) is 0.130. The number of amides is 3. The van der Waals surface area contributed by atoms with Crippen LogP contribution in [0.4, 0.5) is 30.6 Å². The lowest BCUT2D eigenvalue weighted by molar-refractivity contribution is 0.101. The van der Waals surface area contributed by atoms with Gasteiger partial charge >= 0.3 is 6.03 Å². The quantitative estimate of drug-likeness (QED) is 0.353. The first kappa shape index (κ1) is 25.1. The second-order valence-corrected chi connectivity index (χ2v) is 7.79. The van der Waals surface area contributed by atoms with Crippen LogP contribution in [0.1, 0.15) is 15.9 Å². The van der Waals surface area contributed by atoms with Crippen molar-refractivity contribution in [3.63, 3.8) is 0 Å². The molecule has 0 aliphatic carbocycles. The van der Waals surface area contributed by atoms with Crippen LogP contribution in [0.5, 0.6) is 11.5 Å². The maximum atomic E-state index is 13.9. The minimum absolute atomic E-state index is 0.270. The smallest absolute Gasteiger partial charge is 0.336 e. The van der Waals surface area contributed by atoms with Gasteiger partial charge in [-0.05, 0) is 48.9 Å². The van der Waals surface area contributed by atoms with Gasteiger partial charge in [0.2, 0.25) is 0 Å². The summed E-state index contributed by atoms with van der Waals surface area (Å²) in [5, 5.41) is 5.36. The monoisotopic (exact) mass is 507 g/mol. The highest BCUT2D eigenvalue weighted by atomic mass is 35.5. The van der Waals surface area contributed by atoms with E-state index in [2.05, 4.69) is 23.4 Å². The molecular formula is C23H20ClF2N3O4S. The Morgan fingerprint density at radius 1 is 0.971 bits per heavy atom. The molecule has 0 spiro atoms. The number of aryl methyl sites for hydroxylation is 1. The molecule has 0 saturated heterocycles. The minimum Gasteiger partial charge on any atom is -0.495 e. The summed E-state index contributed by atoms with van der Waals surface area (Å²) >= 11 is 10.4. The number of hydrogen-bond acceptors (Lipinski definition) is 5. The van der Waals surface area contributed by atoms with E-state index in [0.717, 1.165) is 16.4 Å². The van der Waals surface area contributed by atoms with Gasteiger partial charge in [-0.1, -0.05) is 30.5 Å². The summed E-state index contributed by atoms with van der Waals surface area (Å²) in [4.78, 5) is 25.1. The predicted molar refractivity (Wildman–Crippen MR) is 131 cm³/mol. The summed E-state index contributed by atoms with van der Waals surface area (Å²) < 4.78 is 39.2. The van der Waals surface area contributed by atoms with Gasteiger partial charge in [0.15, 0.2) is 0 Å². The van der Waals surface area contributed by atoms with Gasteiger partial charge in [0.05, 0.1) is 30.6 Å². The number of benzene rings is 3. The van der Waals surface area contributed by atoms with Crippen molar-refractivity contribution in [1.82, 2.24) is 0 Å². The number of methoxy groups -OCH3 is 2. The molecule has 0 aromatic heterocycles. The predicted octanol–water partition coefficient (Wildman–Crippen LogP) is 6.08. The molecule has 34 heavy (non-hydrogen) atoms. The van der Waals surface area contributed by atoms with Crippen molar-refractivity contribution >= 4 is 53.4 Å². The van der Waals surface area contributed by atoms with Crippen molar-refractivity contribution in [3.8, 4) is 11.5 Å². The van der Waals surface area contributed by atoms with E-state index in [9.17, 15) is 18.4 Å². The zero-order valence-electron chi connectivity index (χ0n) is 18.3. The van der Waals surface area contributed by atoms with E-state index in [1.54, 1.807) is 6.92 Å². The van der Waals surface area contributed by atoms with Crippen LogP contribution in [-0.2, 0) is 0 Å². The highest BCUT2D eigenvalue weighted by molar-refractivity contribution is 7.82. The van der Waals surface area contributed by atoms with Crippen LogP contribution in [0.25, 0.3) is 0 Å². The molecular weight excluding hydrogens is 488 g/mol. The Morgan fingerprint density at radius 3 is 2.21 bits per heavy atom. The fourth-order valence-corrected chi connectivity index (χ4v) is 3.63. The van der Waals surface area contributed by atoms with E-state index in [-0.39, 0.29) is 10.7 Å². The standard InChI is InChI=1S/C23H20ClF2N3O4S/c1-12-9-13(27-22(30)21-15(25)5-4-6-16(21)26)7-8-18(12)29(34)23(31)28-17-10-14(24)19(32-2)11-20(17)33-3/h4-11,34H,1-3H3,(H,27,30)(H,28,31). The van der Waals surface area contributed by atoms with Crippen LogP contribution in [0.3, 0.4) is 0 Å². The molecule has 0 aliphatic rings. The van der Waals surface area contributed by atoms with Crippen LogP contribution < -0.4 is 24.4 Å². The maximum Gasteiger partial charge on any atom is 0.336 e. The van der Waals surface area contributed by atoms with Gasteiger partial charge in [0.1, 0.15) is 28.7 Å².